The summed E-state index contributed by atoms with van der Waals surface area (Å²) < 4.78 is 27.6. The molecule has 0 atom stereocenters. The SMILES string of the molecule is C/C=C/CC1CCC(c2ccc(C)c(F)c2F)CC1. The highest BCUT2D eigenvalue weighted by Gasteiger charge is 2.25. The van der Waals surface area contributed by atoms with Gasteiger partial charge in [0.15, 0.2) is 11.6 Å². The van der Waals surface area contributed by atoms with Crippen LogP contribution in [0.15, 0.2) is 24.3 Å². The zero-order valence-corrected chi connectivity index (χ0v) is 11.8. The zero-order chi connectivity index (χ0) is 13.8. The summed E-state index contributed by atoms with van der Waals surface area (Å²) in [6, 6.07) is 3.46. The molecule has 1 aromatic rings. The molecular formula is C17H22F2. The van der Waals surface area contributed by atoms with Crippen LogP contribution in [0.4, 0.5) is 8.78 Å². The second-order valence-electron chi connectivity index (χ2n) is 5.62. The van der Waals surface area contributed by atoms with E-state index in [-0.39, 0.29) is 5.92 Å². The van der Waals surface area contributed by atoms with Crippen molar-refractivity contribution in [3.63, 3.8) is 0 Å². The fourth-order valence-corrected chi connectivity index (χ4v) is 3.01. The first-order valence-electron chi connectivity index (χ1n) is 7.19. The predicted molar refractivity (Wildman–Crippen MR) is 75.2 cm³/mol. The Morgan fingerprint density at radius 2 is 1.79 bits per heavy atom. The molecule has 0 unspecified atom stereocenters. The first-order valence-corrected chi connectivity index (χ1v) is 7.19. The summed E-state index contributed by atoms with van der Waals surface area (Å²) in [5, 5.41) is 0. The molecule has 0 spiro atoms. The van der Waals surface area contributed by atoms with Crippen LogP contribution >= 0.6 is 0 Å². The van der Waals surface area contributed by atoms with Crippen molar-refractivity contribution in [1.82, 2.24) is 0 Å². The van der Waals surface area contributed by atoms with Crippen molar-refractivity contribution >= 4 is 0 Å². The molecule has 0 aliphatic heterocycles. The van der Waals surface area contributed by atoms with Crippen LogP contribution in [0.3, 0.4) is 0 Å². The Hall–Kier alpha value is -1.18. The third-order valence-electron chi connectivity index (χ3n) is 4.30. The Bertz CT molecular complexity index is 455. The topological polar surface area (TPSA) is 0 Å². The fourth-order valence-electron chi connectivity index (χ4n) is 3.01. The van der Waals surface area contributed by atoms with Crippen LogP contribution in [0.2, 0.25) is 0 Å². The molecule has 0 heterocycles. The molecule has 0 radical (unpaired) electrons. The van der Waals surface area contributed by atoms with Crippen LogP contribution < -0.4 is 0 Å². The van der Waals surface area contributed by atoms with Gasteiger partial charge in [0.2, 0.25) is 0 Å². The number of hydrogen-bond acceptors (Lipinski definition) is 0. The summed E-state index contributed by atoms with van der Waals surface area (Å²) >= 11 is 0. The first kappa shape index (κ1) is 14.2. The smallest absolute Gasteiger partial charge is 0.162 e. The quantitative estimate of drug-likeness (QED) is 0.631. The van der Waals surface area contributed by atoms with Gasteiger partial charge in [-0.2, -0.15) is 0 Å². The Morgan fingerprint density at radius 1 is 1.11 bits per heavy atom. The molecule has 1 saturated carbocycles. The molecule has 19 heavy (non-hydrogen) atoms. The molecule has 0 nitrogen and oxygen atoms in total. The first-order chi connectivity index (χ1) is 9.13. The van der Waals surface area contributed by atoms with E-state index in [1.54, 1.807) is 19.1 Å². The third-order valence-corrected chi connectivity index (χ3v) is 4.30. The van der Waals surface area contributed by atoms with Gasteiger partial charge in [-0.3, -0.25) is 0 Å². The van der Waals surface area contributed by atoms with Crippen molar-refractivity contribution in [2.24, 2.45) is 5.92 Å². The van der Waals surface area contributed by atoms with Crippen molar-refractivity contribution in [3.05, 3.63) is 47.0 Å². The summed E-state index contributed by atoms with van der Waals surface area (Å²) in [4.78, 5) is 0. The van der Waals surface area contributed by atoms with Gasteiger partial charge in [0.25, 0.3) is 0 Å². The Balaban J connectivity index is 2.04. The van der Waals surface area contributed by atoms with Crippen LogP contribution in [-0.2, 0) is 0 Å². The zero-order valence-electron chi connectivity index (χ0n) is 11.8. The maximum atomic E-state index is 14.0. The maximum Gasteiger partial charge on any atom is 0.162 e. The molecule has 1 aliphatic carbocycles. The second-order valence-corrected chi connectivity index (χ2v) is 5.62. The molecule has 1 aliphatic rings. The van der Waals surface area contributed by atoms with Gasteiger partial charge >= 0.3 is 0 Å². The van der Waals surface area contributed by atoms with E-state index in [0.717, 1.165) is 32.1 Å². The molecule has 0 bridgehead atoms. The highest BCUT2D eigenvalue weighted by Crippen LogP contribution is 2.38. The summed E-state index contributed by atoms with van der Waals surface area (Å²) in [5.74, 6) is -0.395. The Morgan fingerprint density at radius 3 is 2.42 bits per heavy atom. The van der Waals surface area contributed by atoms with Gasteiger partial charge in [0, 0.05) is 0 Å². The average molecular weight is 264 g/mol. The normalized spacial score (nSPS) is 24.0. The van der Waals surface area contributed by atoms with Crippen LogP contribution in [-0.4, -0.2) is 0 Å². The van der Waals surface area contributed by atoms with E-state index in [9.17, 15) is 8.78 Å². The molecule has 0 saturated heterocycles. The van der Waals surface area contributed by atoms with Crippen molar-refractivity contribution in [3.8, 4) is 0 Å². The van der Waals surface area contributed by atoms with Gasteiger partial charge < -0.3 is 0 Å². The molecule has 0 aromatic heterocycles. The molecule has 104 valence electrons. The lowest BCUT2D eigenvalue weighted by Gasteiger charge is -2.28. The molecule has 2 rings (SSSR count). The van der Waals surface area contributed by atoms with Gasteiger partial charge in [-0.15, -0.1) is 0 Å². The minimum absolute atomic E-state index is 0.192. The highest BCUT2D eigenvalue weighted by molar-refractivity contribution is 5.28. The van der Waals surface area contributed by atoms with E-state index in [0.29, 0.717) is 17.0 Å². The number of benzene rings is 1. The van der Waals surface area contributed by atoms with E-state index in [1.165, 1.54) is 0 Å². The van der Waals surface area contributed by atoms with Crippen LogP contribution in [0.25, 0.3) is 0 Å². The Kier molecular flexibility index (Phi) is 4.73. The molecule has 1 aromatic carbocycles. The van der Waals surface area contributed by atoms with E-state index in [2.05, 4.69) is 12.2 Å². The standard InChI is InChI=1S/C17H22F2/c1-3-4-5-13-7-9-14(10-8-13)15-11-6-12(2)16(18)17(15)19/h3-4,6,11,13-14H,5,7-10H2,1-2H3/b4-3+. The number of hydrogen-bond donors (Lipinski definition) is 0. The number of allylic oxidation sites excluding steroid dienone is 2. The third kappa shape index (κ3) is 3.23. The molecule has 0 amide bonds. The molecule has 1 fully saturated rings. The summed E-state index contributed by atoms with van der Waals surface area (Å²) in [7, 11) is 0. The second kappa shape index (κ2) is 6.31. The lowest BCUT2D eigenvalue weighted by molar-refractivity contribution is 0.321. The van der Waals surface area contributed by atoms with Crippen molar-refractivity contribution < 1.29 is 8.78 Å². The average Bonchev–Trinajstić information content (AvgIpc) is 2.44. The number of halogens is 2. The van der Waals surface area contributed by atoms with Gasteiger partial charge in [-0.25, -0.2) is 8.78 Å². The fraction of sp³-hybridized carbons (Fsp3) is 0.529. The monoisotopic (exact) mass is 264 g/mol. The predicted octanol–water partition coefficient (Wildman–Crippen LogP) is 5.51. The summed E-state index contributed by atoms with van der Waals surface area (Å²) in [5.41, 5.74) is 0.968. The van der Waals surface area contributed by atoms with Crippen LogP contribution in [0, 0.1) is 24.5 Å². The Labute approximate surface area is 114 Å². The lowest BCUT2D eigenvalue weighted by Crippen LogP contribution is -2.14. The summed E-state index contributed by atoms with van der Waals surface area (Å²) in [6.07, 6.45) is 9.59. The van der Waals surface area contributed by atoms with Crippen molar-refractivity contribution in [2.75, 3.05) is 0 Å². The van der Waals surface area contributed by atoms with Crippen LogP contribution in [0.1, 0.15) is 56.1 Å². The largest absolute Gasteiger partial charge is 0.203 e. The van der Waals surface area contributed by atoms with E-state index >= 15 is 0 Å². The van der Waals surface area contributed by atoms with E-state index in [4.69, 9.17) is 0 Å². The van der Waals surface area contributed by atoms with Gasteiger partial charge in [0.1, 0.15) is 0 Å². The number of rotatable bonds is 3. The molecular weight excluding hydrogens is 242 g/mol. The molecule has 0 N–H and O–H groups in total. The lowest BCUT2D eigenvalue weighted by atomic mass is 9.77. The van der Waals surface area contributed by atoms with Crippen LogP contribution in [0.5, 0.6) is 0 Å². The van der Waals surface area contributed by atoms with E-state index in [1.807, 2.05) is 6.92 Å². The van der Waals surface area contributed by atoms with Crippen molar-refractivity contribution in [1.29, 1.82) is 0 Å². The van der Waals surface area contributed by atoms with Gasteiger partial charge in [-0.05, 0) is 68.9 Å². The summed E-state index contributed by atoms with van der Waals surface area (Å²) in [6.45, 7) is 3.65. The van der Waals surface area contributed by atoms with Gasteiger partial charge in [0.05, 0.1) is 0 Å². The maximum absolute atomic E-state index is 14.0. The number of aryl methyl sites for hydroxylation is 1. The van der Waals surface area contributed by atoms with Crippen molar-refractivity contribution in [2.45, 2.75) is 51.9 Å². The molecule has 2 heteroatoms. The van der Waals surface area contributed by atoms with E-state index < -0.39 is 11.6 Å². The van der Waals surface area contributed by atoms with Gasteiger partial charge in [-0.1, -0.05) is 24.3 Å². The minimum Gasteiger partial charge on any atom is -0.203 e. The minimum atomic E-state index is -0.673. The highest BCUT2D eigenvalue weighted by atomic mass is 19.2.